The first-order chi connectivity index (χ1) is 9.77. The SMILES string of the molecule is CS(=O)(=O)c1ccc(C(=O)Cc2ccc(F)cc2Br)cc1. The first-order valence-corrected chi connectivity index (χ1v) is 8.73. The van der Waals surface area contributed by atoms with Gasteiger partial charge in [-0.25, -0.2) is 12.8 Å². The van der Waals surface area contributed by atoms with Crippen LogP contribution < -0.4 is 0 Å². The van der Waals surface area contributed by atoms with Crippen LogP contribution in [0.5, 0.6) is 0 Å². The van der Waals surface area contributed by atoms with E-state index >= 15 is 0 Å². The smallest absolute Gasteiger partial charge is 0.175 e. The maximum atomic E-state index is 13.0. The minimum absolute atomic E-state index is 0.110. The Morgan fingerprint density at radius 2 is 1.76 bits per heavy atom. The molecule has 0 aliphatic rings. The van der Waals surface area contributed by atoms with Crippen LogP contribution >= 0.6 is 15.9 Å². The molecule has 0 fully saturated rings. The molecule has 0 amide bonds. The van der Waals surface area contributed by atoms with Gasteiger partial charge in [-0.1, -0.05) is 34.1 Å². The number of benzene rings is 2. The monoisotopic (exact) mass is 370 g/mol. The predicted octanol–water partition coefficient (Wildman–Crippen LogP) is 3.42. The first kappa shape index (κ1) is 15.9. The maximum Gasteiger partial charge on any atom is 0.175 e. The highest BCUT2D eigenvalue weighted by molar-refractivity contribution is 9.10. The van der Waals surface area contributed by atoms with Crippen LogP contribution in [0, 0.1) is 5.82 Å². The first-order valence-electron chi connectivity index (χ1n) is 6.04. The molecule has 2 aromatic carbocycles. The predicted molar refractivity (Wildman–Crippen MR) is 81.7 cm³/mol. The summed E-state index contributed by atoms with van der Waals surface area (Å²) in [5.41, 5.74) is 1.09. The maximum absolute atomic E-state index is 13.0. The average Bonchev–Trinajstić information content (AvgIpc) is 2.41. The Kier molecular flexibility index (Phi) is 4.58. The molecule has 0 aliphatic heterocycles. The Balaban J connectivity index is 2.21. The minimum Gasteiger partial charge on any atom is -0.294 e. The van der Waals surface area contributed by atoms with Crippen LogP contribution in [0.4, 0.5) is 4.39 Å². The summed E-state index contributed by atoms with van der Waals surface area (Å²) in [5, 5.41) is 0. The van der Waals surface area contributed by atoms with Crippen LogP contribution in [-0.2, 0) is 16.3 Å². The molecule has 0 radical (unpaired) electrons. The second-order valence-corrected chi connectivity index (χ2v) is 7.50. The average molecular weight is 371 g/mol. The van der Waals surface area contributed by atoms with Crippen LogP contribution in [0.3, 0.4) is 0 Å². The Morgan fingerprint density at radius 1 is 1.14 bits per heavy atom. The minimum atomic E-state index is -3.28. The van der Waals surface area contributed by atoms with Gasteiger partial charge in [-0.15, -0.1) is 0 Å². The highest BCUT2D eigenvalue weighted by Gasteiger charge is 2.12. The summed E-state index contributed by atoms with van der Waals surface area (Å²) in [7, 11) is -3.28. The number of rotatable bonds is 4. The molecule has 6 heteroatoms. The van der Waals surface area contributed by atoms with Gasteiger partial charge in [-0.05, 0) is 29.8 Å². The van der Waals surface area contributed by atoms with Gasteiger partial charge in [0.15, 0.2) is 15.6 Å². The Hall–Kier alpha value is -1.53. The Morgan fingerprint density at radius 3 is 2.29 bits per heavy atom. The molecule has 110 valence electrons. The van der Waals surface area contributed by atoms with Crippen molar-refractivity contribution in [3.63, 3.8) is 0 Å². The van der Waals surface area contributed by atoms with Crippen molar-refractivity contribution in [3.05, 3.63) is 63.9 Å². The summed E-state index contributed by atoms with van der Waals surface area (Å²) in [6.07, 6.45) is 1.22. The molecule has 0 atom stereocenters. The van der Waals surface area contributed by atoms with E-state index in [4.69, 9.17) is 0 Å². The van der Waals surface area contributed by atoms with Crippen molar-refractivity contribution in [2.45, 2.75) is 11.3 Å². The zero-order valence-corrected chi connectivity index (χ0v) is 13.5. The fraction of sp³-hybridized carbons (Fsp3) is 0.133. The zero-order chi connectivity index (χ0) is 15.6. The van der Waals surface area contributed by atoms with E-state index in [2.05, 4.69) is 15.9 Å². The molecule has 21 heavy (non-hydrogen) atoms. The van der Waals surface area contributed by atoms with E-state index in [9.17, 15) is 17.6 Å². The number of sulfone groups is 1. The molecule has 2 aromatic rings. The van der Waals surface area contributed by atoms with E-state index in [-0.39, 0.29) is 22.9 Å². The summed E-state index contributed by atoms with van der Waals surface area (Å²) in [4.78, 5) is 12.3. The van der Waals surface area contributed by atoms with Crippen LogP contribution in [0.25, 0.3) is 0 Å². The van der Waals surface area contributed by atoms with Crippen LogP contribution in [-0.4, -0.2) is 20.5 Å². The normalized spacial score (nSPS) is 11.4. The molecule has 2 rings (SSSR count). The van der Waals surface area contributed by atoms with Crippen molar-refractivity contribution < 1.29 is 17.6 Å². The number of carbonyl (C=O) groups excluding carboxylic acids is 1. The topological polar surface area (TPSA) is 51.2 Å². The number of ketones is 1. The quantitative estimate of drug-likeness (QED) is 0.774. The van der Waals surface area contributed by atoms with Crippen LogP contribution in [0.15, 0.2) is 51.8 Å². The lowest BCUT2D eigenvalue weighted by atomic mass is 10.0. The fourth-order valence-electron chi connectivity index (χ4n) is 1.83. The Labute approximate surface area is 130 Å². The lowest BCUT2D eigenvalue weighted by molar-refractivity contribution is 0.0992. The van der Waals surface area contributed by atoms with Gasteiger partial charge in [0.25, 0.3) is 0 Å². The van der Waals surface area contributed by atoms with Crippen molar-refractivity contribution in [2.75, 3.05) is 6.26 Å². The molecule has 0 saturated carbocycles. The number of carbonyl (C=O) groups is 1. The van der Waals surface area contributed by atoms with E-state index in [1.165, 1.54) is 36.4 Å². The molecule has 0 unspecified atom stereocenters. The second-order valence-electron chi connectivity index (χ2n) is 4.63. The standard InChI is InChI=1S/C15H12BrFO3S/c1-21(19,20)13-6-3-10(4-7-13)15(18)8-11-2-5-12(17)9-14(11)16/h2-7,9H,8H2,1H3. The van der Waals surface area contributed by atoms with Gasteiger partial charge >= 0.3 is 0 Å². The summed E-state index contributed by atoms with van der Waals surface area (Å²) < 4.78 is 36.2. The van der Waals surface area contributed by atoms with Gasteiger partial charge in [-0.3, -0.25) is 4.79 Å². The van der Waals surface area contributed by atoms with Crippen LogP contribution in [0.1, 0.15) is 15.9 Å². The molecule has 0 spiro atoms. The van der Waals surface area contributed by atoms with Gasteiger partial charge in [0, 0.05) is 22.7 Å². The highest BCUT2D eigenvalue weighted by atomic mass is 79.9. The zero-order valence-electron chi connectivity index (χ0n) is 11.1. The van der Waals surface area contributed by atoms with Gasteiger partial charge < -0.3 is 0 Å². The van der Waals surface area contributed by atoms with Crippen molar-refractivity contribution in [1.29, 1.82) is 0 Å². The van der Waals surface area contributed by atoms with Crippen molar-refractivity contribution >= 4 is 31.6 Å². The number of Topliss-reactive ketones (excluding diaryl/α,β-unsaturated/α-hetero) is 1. The lowest BCUT2D eigenvalue weighted by Gasteiger charge is -2.05. The molecular formula is C15H12BrFO3S. The number of hydrogen-bond acceptors (Lipinski definition) is 3. The molecule has 3 nitrogen and oxygen atoms in total. The van der Waals surface area contributed by atoms with Gasteiger partial charge in [0.05, 0.1) is 4.90 Å². The third-order valence-corrected chi connectivity index (χ3v) is 4.84. The van der Waals surface area contributed by atoms with Crippen molar-refractivity contribution in [2.24, 2.45) is 0 Å². The van der Waals surface area contributed by atoms with E-state index in [1.807, 2.05) is 0 Å². The van der Waals surface area contributed by atoms with E-state index in [0.717, 1.165) is 6.26 Å². The molecule has 0 saturated heterocycles. The number of hydrogen-bond donors (Lipinski definition) is 0. The summed E-state index contributed by atoms with van der Waals surface area (Å²) in [5.74, 6) is -0.544. The fourth-order valence-corrected chi connectivity index (χ4v) is 2.95. The highest BCUT2D eigenvalue weighted by Crippen LogP contribution is 2.20. The lowest BCUT2D eigenvalue weighted by Crippen LogP contribution is -2.05. The van der Waals surface area contributed by atoms with Crippen molar-refractivity contribution in [3.8, 4) is 0 Å². The Bertz CT molecular complexity index is 783. The van der Waals surface area contributed by atoms with Crippen molar-refractivity contribution in [1.82, 2.24) is 0 Å². The van der Waals surface area contributed by atoms with Gasteiger partial charge in [-0.2, -0.15) is 0 Å². The molecule has 0 N–H and O–H groups in total. The molecular weight excluding hydrogens is 359 g/mol. The number of halogens is 2. The van der Waals surface area contributed by atoms with Gasteiger partial charge in [0.2, 0.25) is 0 Å². The largest absolute Gasteiger partial charge is 0.294 e. The molecule has 0 aliphatic carbocycles. The van der Waals surface area contributed by atoms with E-state index < -0.39 is 9.84 Å². The molecule has 0 bridgehead atoms. The van der Waals surface area contributed by atoms with Crippen LogP contribution in [0.2, 0.25) is 0 Å². The second kappa shape index (κ2) is 6.07. The third kappa shape index (κ3) is 3.98. The summed E-state index contributed by atoms with van der Waals surface area (Å²) in [6.45, 7) is 0. The van der Waals surface area contributed by atoms with E-state index in [1.54, 1.807) is 6.07 Å². The summed E-state index contributed by atoms with van der Waals surface area (Å²) in [6, 6.07) is 9.91. The summed E-state index contributed by atoms with van der Waals surface area (Å²) >= 11 is 3.21. The molecule has 0 aromatic heterocycles. The third-order valence-electron chi connectivity index (χ3n) is 2.97. The van der Waals surface area contributed by atoms with Gasteiger partial charge in [0.1, 0.15) is 5.82 Å². The molecule has 0 heterocycles. The van der Waals surface area contributed by atoms with E-state index in [0.29, 0.717) is 15.6 Å².